The van der Waals surface area contributed by atoms with Gasteiger partial charge in [-0.2, -0.15) is 24.2 Å². The van der Waals surface area contributed by atoms with Crippen LogP contribution in [0.1, 0.15) is 218 Å². The lowest BCUT2D eigenvalue weighted by molar-refractivity contribution is -0.199. The average molecular weight is 1650 g/mol. The number of hydroxylamine groups is 4. The number of imide groups is 2. The minimum absolute atomic E-state index is 0.0105. The first-order valence-corrected chi connectivity index (χ1v) is 41.2. The molecule has 4 heterocycles. The molecule has 4 atom stereocenters. The number of hydrogen-bond donors (Lipinski definition) is 2. The standard InChI is InChI=1S/C11H13NO2.C8H11NO4.C7H9NO2.C7H12O.C7H10O.C6H8Cl2N4.C6H11ClO.C6H12O2S.C6H12OS.C5H12FO2P.C5H11O2P/c1-8(2)10(13)12-11(14-12)9-6-4-3-5-7-9;1-5(2)8(12)13-9-6(10)3-4-7(9)11;1-5(2)8-6(9)3-4-7(8)10;2*1-5-6(8)7(2,3)4;1-3(2)9-6-11-4(7)10-5(8)12-6;1-6(2,3)5(8)4-7;1-5-9(7,8)6(2,3)4;1-5-8(7)6(2,3)4;1-4-8-9(6,7)5(2)3;1-4-8(6,7)5(2)3/h3-8,11H,1-2H3;5H,3-4H2,1-2H3;3-5H,1-2H3;5H,1H2,2-4H3;1H,2-4H3;3H,1-2H3,(H,9,10,11,12);4H2,1-3H3;5H,1H2,2-4H3;5H,1H2,2-4H3;5H,4H2,1-3H3;4-5H,1H2,2-3H3,(H,6,7). The summed E-state index contributed by atoms with van der Waals surface area (Å²) in [6, 6.07) is 9.94. The van der Waals surface area contributed by atoms with Crippen LogP contribution in [0.5, 0.6) is 0 Å². The first-order chi connectivity index (χ1) is 48.2. The third-order valence-electron chi connectivity index (χ3n) is 12.6. The van der Waals surface area contributed by atoms with E-state index in [2.05, 4.69) is 61.9 Å². The summed E-state index contributed by atoms with van der Waals surface area (Å²) in [5.74, 6) is 1.58. The molecule has 0 spiro atoms. The number of terminal acetylenes is 1. The van der Waals surface area contributed by atoms with E-state index in [9.17, 15) is 69.1 Å². The number of benzene rings is 1. The number of anilines is 1. The Bertz CT molecular complexity index is 3470. The summed E-state index contributed by atoms with van der Waals surface area (Å²) in [6.45, 7) is 63.3. The van der Waals surface area contributed by atoms with Crippen LogP contribution in [0.3, 0.4) is 0 Å². The Kier molecular flexibility index (Phi) is 54.3. The van der Waals surface area contributed by atoms with Gasteiger partial charge in [0.05, 0.1) is 39.6 Å². The van der Waals surface area contributed by atoms with Gasteiger partial charge in [-0.05, 0) is 123 Å². The maximum Gasteiger partial charge on any atom is 0.369 e. The highest BCUT2D eigenvalue weighted by Crippen LogP contribution is 2.53. The molecule has 610 valence electrons. The minimum Gasteiger partial charge on any atom is -0.352 e. The molecule has 0 bridgehead atoms. The molecule has 3 aliphatic heterocycles. The van der Waals surface area contributed by atoms with E-state index < -0.39 is 63.9 Å². The second-order valence-corrected chi connectivity index (χ2v) is 40.4. The highest BCUT2D eigenvalue weighted by Gasteiger charge is 2.43. The highest BCUT2D eigenvalue weighted by molar-refractivity contribution is 7.95. The van der Waals surface area contributed by atoms with Crippen LogP contribution in [-0.4, -0.2) is 146 Å². The summed E-state index contributed by atoms with van der Waals surface area (Å²) in [5.41, 5.74) is -0.558. The third kappa shape index (κ3) is 51.0. The molecular formula is C74H121Cl3FN7O18P2S2. The van der Waals surface area contributed by atoms with Crippen molar-refractivity contribution in [3.05, 3.63) is 108 Å². The molecule has 2 N–H and O–H groups in total. The summed E-state index contributed by atoms with van der Waals surface area (Å²) in [7, 11) is -10.7. The number of carbonyl (C=O) groups is 9. The molecule has 5 rings (SSSR count). The average Bonchev–Trinajstić information content (AvgIpc) is 1.64. The van der Waals surface area contributed by atoms with Gasteiger partial charge < -0.3 is 19.6 Å². The number of carbonyl (C=O) groups excluding carboxylic acids is 9. The van der Waals surface area contributed by atoms with E-state index >= 15 is 0 Å². The van der Waals surface area contributed by atoms with Crippen molar-refractivity contribution in [1.29, 1.82) is 0 Å². The molecule has 5 amide bonds. The highest BCUT2D eigenvalue weighted by atomic mass is 35.5. The molecular weight excluding hydrogens is 1530 g/mol. The number of rotatable bonds is 16. The van der Waals surface area contributed by atoms with Gasteiger partial charge in [0.15, 0.2) is 21.4 Å². The number of Topliss-reactive ketones (excluding diaryl/α,β-unsaturated/α-hetero) is 2. The van der Waals surface area contributed by atoms with Crippen molar-refractivity contribution in [3.63, 3.8) is 0 Å². The second-order valence-electron chi connectivity index (χ2n) is 29.5. The lowest BCUT2D eigenvalue weighted by atomic mass is 9.91. The molecule has 107 heavy (non-hydrogen) atoms. The summed E-state index contributed by atoms with van der Waals surface area (Å²) in [5, 5.41) is 7.60. The number of allylic oxidation sites excluding steroid dienone is 1. The number of ketones is 3. The van der Waals surface area contributed by atoms with Crippen LogP contribution in [0.15, 0.2) is 91.5 Å². The first kappa shape index (κ1) is 112. The quantitative estimate of drug-likeness (QED) is 0.0300. The van der Waals surface area contributed by atoms with Crippen molar-refractivity contribution >= 4 is 129 Å². The molecule has 4 unspecified atom stereocenters. The van der Waals surface area contributed by atoms with Gasteiger partial charge in [0.2, 0.25) is 35.9 Å². The number of halogens is 4. The molecule has 0 saturated carbocycles. The van der Waals surface area contributed by atoms with Gasteiger partial charge in [-0.25, -0.2) is 18.0 Å². The summed E-state index contributed by atoms with van der Waals surface area (Å²) in [4.78, 5) is 129. The molecule has 3 aliphatic rings. The smallest absolute Gasteiger partial charge is 0.352 e. The van der Waals surface area contributed by atoms with Gasteiger partial charge in [-0.3, -0.25) is 56.6 Å². The molecule has 33 heteroatoms. The van der Waals surface area contributed by atoms with Crippen molar-refractivity contribution in [3.8, 4) is 12.3 Å². The zero-order valence-corrected chi connectivity index (χ0v) is 73.6. The van der Waals surface area contributed by atoms with Crippen molar-refractivity contribution in [2.75, 3.05) is 17.8 Å². The number of amides is 5. The molecule has 1 aromatic carbocycles. The van der Waals surface area contributed by atoms with Crippen LogP contribution in [0.4, 0.5) is 10.1 Å². The topological polar surface area (TPSA) is 350 Å². The Hall–Kier alpha value is -6.24. The number of nitrogens with zero attached hydrogens (tertiary/aromatic N) is 6. The van der Waals surface area contributed by atoms with Crippen molar-refractivity contribution in [2.45, 2.75) is 246 Å². The summed E-state index contributed by atoms with van der Waals surface area (Å²) < 4.78 is 70.1. The number of nitrogens with one attached hydrogen (secondary N) is 1. The van der Waals surface area contributed by atoms with E-state index in [0.717, 1.165) is 16.8 Å². The van der Waals surface area contributed by atoms with Crippen LogP contribution >= 0.6 is 49.9 Å². The van der Waals surface area contributed by atoms with Crippen LogP contribution in [0, 0.1) is 40.4 Å². The molecule has 25 nitrogen and oxygen atoms in total. The Morgan fingerprint density at radius 1 is 0.748 bits per heavy atom. The first-order valence-electron chi connectivity index (χ1n) is 33.8. The van der Waals surface area contributed by atoms with Gasteiger partial charge in [-0.1, -0.05) is 174 Å². The number of alkyl halides is 1. The Labute approximate surface area is 655 Å². The van der Waals surface area contributed by atoms with Crippen molar-refractivity contribution < 1.29 is 88.2 Å². The van der Waals surface area contributed by atoms with Gasteiger partial charge >= 0.3 is 13.6 Å². The van der Waals surface area contributed by atoms with Gasteiger partial charge in [0.1, 0.15) is 0 Å². The van der Waals surface area contributed by atoms with E-state index in [0.29, 0.717) is 11.0 Å². The van der Waals surface area contributed by atoms with Gasteiger partial charge in [0.25, 0.3) is 29.5 Å². The third-order valence-corrected chi connectivity index (χ3v) is 20.7. The SMILES string of the molecule is C#CC(=O)C(C)(C)C.C=CC(=O)C(C)(C)C.C=CP(=O)(O)C(C)C.C=CS(=O)(=O)C(C)(C)C.C=CS(=O)C(C)(C)C.CC(C)(C)C(=O)CCl.CC(C)C(=O)N1OC1c1ccccc1.CC(C)C(=O)ON1C(=O)CCC1=O.CC(C)N1C(=O)C=CC1=O.CC(C)Nc1nc(Cl)nc(Cl)n1.CCOP(=O)(F)C(C)C. The zero-order chi connectivity index (χ0) is 86.1. The van der Waals surface area contributed by atoms with Crippen LogP contribution in [0.25, 0.3) is 0 Å². The fourth-order valence-electron chi connectivity index (χ4n) is 5.50. The lowest BCUT2D eigenvalue weighted by Crippen LogP contribution is -2.36. The zero-order valence-electron chi connectivity index (χ0n) is 67.9. The van der Waals surface area contributed by atoms with E-state index in [1.807, 2.05) is 134 Å². The Balaban J connectivity index is -0.000000264. The van der Waals surface area contributed by atoms with E-state index in [4.69, 9.17) is 51.0 Å². The largest absolute Gasteiger partial charge is 0.369 e. The Morgan fingerprint density at radius 3 is 1.38 bits per heavy atom. The number of sulfone groups is 1. The fourth-order valence-corrected chi connectivity index (χ4v) is 8.33. The maximum atomic E-state index is 12.5. The van der Waals surface area contributed by atoms with E-state index in [1.54, 1.807) is 76.2 Å². The second kappa shape index (κ2) is 52.0. The lowest BCUT2D eigenvalue weighted by Gasteiger charge is -2.17. The van der Waals surface area contributed by atoms with Crippen LogP contribution in [0.2, 0.25) is 10.6 Å². The van der Waals surface area contributed by atoms with Crippen molar-refractivity contribution in [2.24, 2.45) is 28.1 Å². The Morgan fingerprint density at radius 2 is 1.19 bits per heavy atom. The number of hydrogen-bond acceptors (Lipinski definition) is 21. The summed E-state index contributed by atoms with van der Waals surface area (Å²) >= 11 is 16.4. The van der Waals surface area contributed by atoms with E-state index in [1.165, 1.54) is 47.4 Å². The maximum absolute atomic E-state index is 12.5. The predicted molar refractivity (Wildman–Crippen MR) is 429 cm³/mol. The molecule has 2 fully saturated rings. The van der Waals surface area contributed by atoms with Gasteiger partial charge in [-0.15, -0.1) is 23.1 Å². The van der Waals surface area contributed by atoms with Crippen LogP contribution in [-0.2, 0) is 87.1 Å². The molecule has 0 aliphatic carbocycles. The summed E-state index contributed by atoms with van der Waals surface area (Å²) in [6.07, 6.45) is 8.91. The van der Waals surface area contributed by atoms with Crippen LogP contribution < -0.4 is 5.32 Å². The monoisotopic (exact) mass is 1650 g/mol. The molecule has 1 aromatic heterocycles. The van der Waals surface area contributed by atoms with Crippen molar-refractivity contribution in [1.82, 2.24) is 30.0 Å². The minimum atomic E-state index is -3.76. The van der Waals surface area contributed by atoms with Gasteiger partial charge in [0, 0.05) is 80.6 Å². The normalized spacial score (nSPS) is 15.0. The molecule has 0 radical (unpaired) electrons. The predicted octanol–water partition coefficient (Wildman–Crippen LogP) is 17.0. The fraction of sp³-hybridized carbons (Fsp3) is 0.595. The van der Waals surface area contributed by atoms with E-state index in [-0.39, 0.29) is 128 Å². The molecule has 2 aromatic rings. The number of aromatic nitrogens is 3. The molecule has 2 saturated heterocycles.